The molecule has 2 atom stereocenters. The highest BCUT2D eigenvalue weighted by molar-refractivity contribution is 7.89. The van der Waals surface area contributed by atoms with E-state index in [4.69, 9.17) is 4.74 Å². The SMILES string of the molecule is CCCNc1ccc(S(=O)(=O)NC2CCC(OC)C2)cc1. The number of methoxy groups -OCH3 is 1. The smallest absolute Gasteiger partial charge is 0.240 e. The predicted octanol–water partition coefficient (Wildman–Crippen LogP) is 2.35. The van der Waals surface area contributed by atoms with Crippen LogP contribution in [0, 0.1) is 0 Å². The lowest BCUT2D eigenvalue weighted by atomic mass is 10.3. The van der Waals surface area contributed by atoms with Gasteiger partial charge in [-0.2, -0.15) is 0 Å². The molecule has 1 saturated carbocycles. The van der Waals surface area contributed by atoms with Crippen LogP contribution < -0.4 is 10.0 Å². The summed E-state index contributed by atoms with van der Waals surface area (Å²) in [6, 6.07) is 6.86. The molecule has 6 heteroatoms. The summed E-state index contributed by atoms with van der Waals surface area (Å²) in [4.78, 5) is 0.311. The Hall–Kier alpha value is -1.11. The Labute approximate surface area is 127 Å². The van der Waals surface area contributed by atoms with E-state index in [2.05, 4.69) is 17.0 Å². The minimum Gasteiger partial charge on any atom is -0.385 e. The maximum absolute atomic E-state index is 12.3. The highest BCUT2D eigenvalue weighted by atomic mass is 32.2. The first-order valence-corrected chi connectivity index (χ1v) is 8.92. The molecule has 1 aliphatic rings. The lowest BCUT2D eigenvalue weighted by Gasteiger charge is -2.14. The van der Waals surface area contributed by atoms with Crippen LogP contribution in [0.3, 0.4) is 0 Å². The maximum Gasteiger partial charge on any atom is 0.240 e. The van der Waals surface area contributed by atoms with E-state index in [-0.39, 0.29) is 12.1 Å². The van der Waals surface area contributed by atoms with E-state index in [0.717, 1.165) is 37.9 Å². The first kappa shape index (κ1) is 16.3. The minimum atomic E-state index is -3.45. The Morgan fingerprint density at radius 2 is 1.95 bits per heavy atom. The van der Waals surface area contributed by atoms with E-state index in [9.17, 15) is 8.42 Å². The molecule has 1 aromatic rings. The van der Waals surface area contributed by atoms with Crippen LogP contribution in [0.25, 0.3) is 0 Å². The molecule has 2 rings (SSSR count). The summed E-state index contributed by atoms with van der Waals surface area (Å²) in [7, 11) is -1.78. The third-order valence-electron chi connectivity index (χ3n) is 3.78. The van der Waals surface area contributed by atoms with E-state index < -0.39 is 10.0 Å². The van der Waals surface area contributed by atoms with Crippen LogP contribution in [0.4, 0.5) is 5.69 Å². The third-order valence-corrected chi connectivity index (χ3v) is 5.32. The monoisotopic (exact) mass is 312 g/mol. The summed E-state index contributed by atoms with van der Waals surface area (Å²) in [5, 5.41) is 3.23. The Morgan fingerprint density at radius 1 is 1.24 bits per heavy atom. The second kappa shape index (κ2) is 7.24. The zero-order valence-corrected chi connectivity index (χ0v) is 13.4. The first-order valence-electron chi connectivity index (χ1n) is 7.44. The molecule has 1 fully saturated rings. The van der Waals surface area contributed by atoms with Crippen molar-refractivity contribution in [2.24, 2.45) is 0 Å². The Bertz CT molecular complexity index is 543. The normalized spacial score (nSPS) is 22.4. The lowest BCUT2D eigenvalue weighted by Crippen LogP contribution is -2.33. The number of sulfonamides is 1. The molecule has 0 spiro atoms. The molecule has 2 N–H and O–H groups in total. The molecule has 0 aromatic heterocycles. The van der Waals surface area contributed by atoms with Crippen molar-refractivity contribution in [2.45, 2.75) is 49.6 Å². The van der Waals surface area contributed by atoms with Crippen LogP contribution in [-0.2, 0) is 14.8 Å². The van der Waals surface area contributed by atoms with Crippen molar-refractivity contribution in [3.8, 4) is 0 Å². The van der Waals surface area contributed by atoms with Gasteiger partial charge in [0.05, 0.1) is 11.0 Å². The van der Waals surface area contributed by atoms with Gasteiger partial charge in [-0.05, 0) is 49.9 Å². The Morgan fingerprint density at radius 3 is 2.52 bits per heavy atom. The fourth-order valence-electron chi connectivity index (χ4n) is 2.57. The van der Waals surface area contributed by atoms with Gasteiger partial charge >= 0.3 is 0 Å². The van der Waals surface area contributed by atoms with Crippen LogP contribution in [0.15, 0.2) is 29.2 Å². The molecule has 0 heterocycles. The van der Waals surface area contributed by atoms with Gasteiger partial charge in [0.1, 0.15) is 0 Å². The van der Waals surface area contributed by atoms with Gasteiger partial charge < -0.3 is 10.1 Å². The minimum absolute atomic E-state index is 0.0298. The molecule has 118 valence electrons. The second-order valence-electron chi connectivity index (χ2n) is 5.44. The van der Waals surface area contributed by atoms with E-state index >= 15 is 0 Å². The van der Waals surface area contributed by atoms with Crippen LogP contribution in [-0.4, -0.2) is 34.2 Å². The topological polar surface area (TPSA) is 67.4 Å². The van der Waals surface area contributed by atoms with Gasteiger partial charge in [-0.3, -0.25) is 0 Å². The summed E-state index contributed by atoms with van der Waals surface area (Å²) in [5.41, 5.74) is 0.941. The standard InChI is InChI=1S/C15H24N2O3S/c1-3-10-16-12-5-8-15(9-6-12)21(18,19)17-13-4-7-14(11-13)20-2/h5-6,8-9,13-14,16-17H,3-4,7,10-11H2,1-2H3. The molecule has 0 saturated heterocycles. The predicted molar refractivity (Wildman–Crippen MR) is 84.0 cm³/mol. The van der Waals surface area contributed by atoms with Gasteiger partial charge in [0.2, 0.25) is 10.0 Å². The average molecular weight is 312 g/mol. The van der Waals surface area contributed by atoms with Gasteiger partial charge in [-0.1, -0.05) is 6.92 Å². The van der Waals surface area contributed by atoms with Crippen molar-refractivity contribution in [2.75, 3.05) is 19.0 Å². The van der Waals surface area contributed by atoms with Crippen molar-refractivity contribution in [1.29, 1.82) is 0 Å². The maximum atomic E-state index is 12.3. The van der Waals surface area contributed by atoms with Gasteiger partial charge in [-0.25, -0.2) is 13.1 Å². The number of hydrogen-bond acceptors (Lipinski definition) is 4. The van der Waals surface area contributed by atoms with Crippen LogP contribution in [0.1, 0.15) is 32.6 Å². The summed E-state index contributed by atoms with van der Waals surface area (Å²) in [5.74, 6) is 0. The molecule has 0 radical (unpaired) electrons. The Balaban J connectivity index is 1.99. The number of ether oxygens (including phenoxy) is 1. The summed E-state index contributed by atoms with van der Waals surface area (Å²) < 4.78 is 32.7. The quantitative estimate of drug-likeness (QED) is 0.811. The molecular weight excluding hydrogens is 288 g/mol. The summed E-state index contributed by atoms with van der Waals surface area (Å²) >= 11 is 0. The highest BCUT2D eigenvalue weighted by Gasteiger charge is 2.28. The Kier molecular flexibility index (Phi) is 5.61. The zero-order valence-electron chi connectivity index (χ0n) is 12.6. The number of rotatable bonds is 7. The van der Waals surface area contributed by atoms with Crippen LogP contribution in [0.2, 0.25) is 0 Å². The summed E-state index contributed by atoms with van der Waals surface area (Å²) in [6.45, 7) is 2.97. The fourth-order valence-corrected chi connectivity index (χ4v) is 3.85. The lowest BCUT2D eigenvalue weighted by molar-refractivity contribution is 0.107. The molecule has 1 aromatic carbocycles. The molecule has 0 bridgehead atoms. The zero-order chi connectivity index (χ0) is 15.3. The van der Waals surface area contributed by atoms with E-state index in [1.807, 2.05) is 0 Å². The van der Waals surface area contributed by atoms with Crippen LogP contribution >= 0.6 is 0 Å². The molecule has 21 heavy (non-hydrogen) atoms. The molecule has 5 nitrogen and oxygen atoms in total. The van der Waals surface area contributed by atoms with Gasteiger partial charge in [0.15, 0.2) is 0 Å². The van der Waals surface area contributed by atoms with Gasteiger partial charge in [-0.15, -0.1) is 0 Å². The largest absolute Gasteiger partial charge is 0.385 e. The fraction of sp³-hybridized carbons (Fsp3) is 0.600. The van der Waals surface area contributed by atoms with Crippen molar-refractivity contribution >= 4 is 15.7 Å². The molecule has 1 aliphatic carbocycles. The number of nitrogens with one attached hydrogen (secondary N) is 2. The van der Waals surface area contributed by atoms with Crippen LogP contribution in [0.5, 0.6) is 0 Å². The number of benzene rings is 1. The van der Waals surface area contributed by atoms with E-state index in [0.29, 0.717) is 4.90 Å². The molecule has 0 amide bonds. The summed E-state index contributed by atoms with van der Waals surface area (Å²) in [6.07, 6.45) is 3.67. The van der Waals surface area contributed by atoms with Gasteiger partial charge in [0.25, 0.3) is 0 Å². The first-order chi connectivity index (χ1) is 10.0. The third kappa shape index (κ3) is 4.43. The molecule has 2 unspecified atom stereocenters. The van der Waals surface area contributed by atoms with E-state index in [1.165, 1.54) is 0 Å². The van der Waals surface area contributed by atoms with Crippen molar-refractivity contribution in [1.82, 2.24) is 4.72 Å². The van der Waals surface area contributed by atoms with Crippen molar-refractivity contribution < 1.29 is 13.2 Å². The number of anilines is 1. The highest BCUT2D eigenvalue weighted by Crippen LogP contribution is 2.23. The van der Waals surface area contributed by atoms with E-state index in [1.54, 1.807) is 31.4 Å². The van der Waals surface area contributed by atoms with Gasteiger partial charge in [0, 0.05) is 25.4 Å². The average Bonchev–Trinajstić information content (AvgIpc) is 2.92. The van der Waals surface area contributed by atoms with Crippen molar-refractivity contribution in [3.63, 3.8) is 0 Å². The molecule has 0 aliphatic heterocycles. The second-order valence-corrected chi connectivity index (χ2v) is 7.15. The number of hydrogen-bond donors (Lipinski definition) is 2. The van der Waals surface area contributed by atoms with Crippen molar-refractivity contribution in [3.05, 3.63) is 24.3 Å². The molecular formula is C15H24N2O3S.